The van der Waals surface area contributed by atoms with Crippen LogP contribution in [0.5, 0.6) is 0 Å². The molecule has 26 heavy (non-hydrogen) atoms. The Bertz CT molecular complexity index is 735. The van der Waals surface area contributed by atoms with Gasteiger partial charge in [-0.15, -0.1) is 10.2 Å². The predicted molar refractivity (Wildman–Crippen MR) is 106 cm³/mol. The molecule has 1 aromatic heterocycles. The number of rotatable bonds is 9. The molecule has 1 heterocycles. The minimum Gasteiger partial charge on any atom is -0.372 e. The Morgan fingerprint density at radius 3 is 2.54 bits per heavy atom. The Labute approximate surface area is 159 Å². The number of nitrogens with one attached hydrogen (secondary N) is 1. The van der Waals surface area contributed by atoms with Gasteiger partial charge in [0.25, 0.3) is 0 Å². The average Bonchev–Trinajstić information content (AvgIpc) is 3.42. The average molecular weight is 374 g/mol. The number of carbonyl (C=O) groups excluding carboxylic acids is 1. The summed E-state index contributed by atoms with van der Waals surface area (Å²) in [7, 11) is 1.94. The van der Waals surface area contributed by atoms with Crippen molar-refractivity contribution in [3.05, 3.63) is 24.3 Å². The van der Waals surface area contributed by atoms with Crippen LogP contribution in [-0.2, 0) is 11.8 Å². The highest BCUT2D eigenvalue weighted by atomic mass is 32.2. The minimum absolute atomic E-state index is 0.0648. The molecule has 1 aliphatic carbocycles. The third kappa shape index (κ3) is 4.58. The van der Waals surface area contributed by atoms with Crippen LogP contribution in [0.1, 0.15) is 26.7 Å². The van der Waals surface area contributed by atoms with E-state index in [0.717, 1.165) is 36.2 Å². The molecule has 1 fully saturated rings. The Morgan fingerprint density at radius 1 is 1.23 bits per heavy atom. The van der Waals surface area contributed by atoms with Gasteiger partial charge in [0.05, 0.1) is 5.75 Å². The molecule has 0 spiro atoms. The molecule has 140 valence electrons. The first-order chi connectivity index (χ1) is 12.6. The third-order valence-corrected chi connectivity index (χ3v) is 5.73. The number of thioether (sulfide) groups is 1. The number of anilines is 1. The normalized spacial score (nSPS) is 13.7. The van der Waals surface area contributed by atoms with Crippen LogP contribution in [0.3, 0.4) is 0 Å². The third-order valence-electron chi connectivity index (χ3n) is 4.71. The molecule has 7 heteroatoms. The van der Waals surface area contributed by atoms with Crippen molar-refractivity contribution in [2.45, 2.75) is 31.8 Å². The lowest BCUT2D eigenvalue weighted by molar-refractivity contribution is -0.118. The van der Waals surface area contributed by atoms with E-state index in [-0.39, 0.29) is 5.91 Å². The smallest absolute Gasteiger partial charge is 0.230 e. The monoisotopic (exact) mass is 373 g/mol. The molecule has 1 aliphatic rings. The second-order valence-corrected chi connectivity index (χ2v) is 7.56. The zero-order valence-corrected chi connectivity index (χ0v) is 16.6. The minimum atomic E-state index is 0.0648. The Morgan fingerprint density at radius 2 is 1.92 bits per heavy atom. The Balaban J connectivity index is 1.61. The molecule has 2 aromatic rings. The summed E-state index contributed by atoms with van der Waals surface area (Å²) >= 11 is 1.43. The lowest BCUT2D eigenvalue weighted by Gasteiger charge is -2.21. The van der Waals surface area contributed by atoms with Crippen molar-refractivity contribution in [1.82, 2.24) is 20.1 Å². The number of hydrogen-bond donors (Lipinski definition) is 1. The van der Waals surface area contributed by atoms with E-state index in [9.17, 15) is 4.79 Å². The van der Waals surface area contributed by atoms with Gasteiger partial charge in [-0.3, -0.25) is 4.79 Å². The van der Waals surface area contributed by atoms with Crippen LogP contribution in [0.4, 0.5) is 5.69 Å². The fourth-order valence-electron chi connectivity index (χ4n) is 2.86. The first kappa shape index (κ1) is 18.8. The van der Waals surface area contributed by atoms with Gasteiger partial charge in [0.1, 0.15) is 0 Å². The van der Waals surface area contributed by atoms with E-state index >= 15 is 0 Å². The van der Waals surface area contributed by atoms with Crippen molar-refractivity contribution in [1.29, 1.82) is 0 Å². The van der Waals surface area contributed by atoms with Gasteiger partial charge in [-0.2, -0.15) is 0 Å². The van der Waals surface area contributed by atoms with Crippen LogP contribution in [0.15, 0.2) is 29.4 Å². The van der Waals surface area contributed by atoms with Crippen LogP contribution in [0.2, 0.25) is 0 Å². The van der Waals surface area contributed by atoms with Crippen molar-refractivity contribution in [2.24, 2.45) is 13.0 Å². The summed E-state index contributed by atoms with van der Waals surface area (Å²) < 4.78 is 1.95. The summed E-state index contributed by atoms with van der Waals surface area (Å²) in [6, 6.07) is 8.40. The molecule has 0 radical (unpaired) electrons. The Kier molecular flexibility index (Phi) is 6.19. The summed E-state index contributed by atoms with van der Waals surface area (Å²) in [6.07, 6.45) is 2.49. The summed E-state index contributed by atoms with van der Waals surface area (Å²) in [5.41, 5.74) is 2.24. The number of benzene rings is 1. The van der Waals surface area contributed by atoms with Gasteiger partial charge in [-0.25, -0.2) is 0 Å². The SMILES string of the molecule is CCN(CC)c1ccc(-c2nnc(SCC(=O)NCC3CC3)n2C)cc1. The standard InChI is InChI=1S/C19H27N5OS/c1-4-24(5-2)16-10-8-15(9-11-16)18-21-22-19(23(18)3)26-13-17(25)20-12-14-6-7-14/h8-11,14H,4-7,12-13H2,1-3H3,(H,20,25). The molecule has 0 unspecified atom stereocenters. The first-order valence-corrected chi connectivity index (χ1v) is 10.2. The van der Waals surface area contributed by atoms with E-state index in [0.29, 0.717) is 11.7 Å². The van der Waals surface area contributed by atoms with Gasteiger partial charge in [-0.1, -0.05) is 11.8 Å². The van der Waals surface area contributed by atoms with Crippen molar-refractivity contribution in [2.75, 3.05) is 30.3 Å². The molecular formula is C19H27N5OS. The molecule has 0 atom stereocenters. The van der Waals surface area contributed by atoms with Gasteiger partial charge in [0, 0.05) is 37.9 Å². The van der Waals surface area contributed by atoms with E-state index in [1.165, 1.54) is 30.3 Å². The van der Waals surface area contributed by atoms with Gasteiger partial charge >= 0.3 is 0 Å². The maximum absolute atomic E-state index is 11.9. The highest BCUT2D eigenvalue weighted by Gasteiger charge is 2.21. The van der Waals surface area contributed by atoms with Crippen LogP contribution < -0.4 is 10.2 Å². The van der Waals surface area contributed by atoms with Crippen LogP contribution in [-0.4, -0.2) is 46.1 Å². The maximum atomic E-state index is 11.9. The van der Waals surface area contributed by atoms with E-state index in [1.807, 2.05) is 11.6 Å². The molecule has 0 aliphatic heterocycles. The predicted octanol–water partition coefficient (Wildman–Crippen LogP) is 2.95. The maximum Gasteiger partial charge on any atom is 0.230 e. The fraction of sp³-hybridized carbons (Fsp3) is 0.526. The van der Waals surface area contributed by atoms with Crippen molar-refractivity contribution in [3.63, 3.8) is 0 Å². The van der Waals surface area contributed by atoms with E-state index in [2.05, 4.69) is 58.5 Å². The topological polar surface area (TPSA) is 63.1 Å². The van der Waals surface area contributed by atoms with Crippen LogP contribution in [0, 0.1) is 5.92 Å². The van der Waals surface area contributed by atoms with E-state index < -0.39 is 0 Å². The number of amides is 1. The van der Waals surface area contributed by atoms with Gasteiger partial charge in [0.15, 0.2) is 11.0 Å². The van der Waals surface area contributed by atoms with Gasteiger partial charge in [-0.05, 0) is 56.9 Å². The summed E-state index contributed by atoms with van der Waals surface area (Å²) in [5.74, 6) is 1.95. The van der Waals surface area contributed by atoms with Crippen LogP contribution in [0.25, 0.3) is 11.4 Å². The number of nitrogens with zero attached hydrogens (tertiary/aromatic N) is 4. The molecule has 3 rings (SSSR count). The molecule has 0 bridgehead atoms. The molecular weight excluding hydrogens is 346 g/mol. The second kappa shape index (κ2) is 8.58. The summed E-state index contributed by atoms with van der Waals surface area (Å²) in [4.78, 5) is 14.2. The quantitative estimate of drug-likeness (QED) is 0.685. The van der Waals surface area contributed by atoms with Crippen LogP contribution >= 0.6 is 11.8 Å². The van der Waals surface area contributed by atoms with Crippen molar-refractivity contribution < 1.29 is 4.79 Å². The Hall–Kier alpha value is -2.02. The fourth-order valence-corrected chi connectivity index (χ4v) is 3.60. The molecule has 0 saturated heterocycles. The molecule has 1 saturated carbocycles. The number of hydrogen-bond acceptors (Lipinski definition) is 5. The highest BCUT2D eigenvalue weighted by molar-refractivity contribution is 7.99. The van der Waals surface area contributed by atoms with Crippen molar-refractivity contribution in [3.8, 4) is 11.4 Å². The summed E-state index contributed by atoms with van der Waals surface area (Å²) in [5, 5.41) is 12.3. The molecule has 6 nitrogen and oxygen atoms in total. The van der Waals surface area contributed by atoms with Crippen molar-refractivity contribution >= 4 is 23.4 Å². The molecule has 1 amide bonds. The van der Waals surface area contributed by atoms with E-state index in [1.54, 1.807) is 0 Å². The first-order valence-electron chi connectivity index (χ1n) is 9.26. The lowest BCUT2D eigenvalue weighted by atomic mass is 10.2. The molecule has 1 N–H and O–H groups in total. The lowest BCUT2D eigenvalue weighted by Crippen LogP contribution is -2.27. The zero-order chi connectivity index (χ0) is 18.5. The zero-order valence-electron chi connectivity index (χ0n) is 15.7. The van der Waals surface area contributed by atoms with E-state index in [4.69, 9.17) is 0 Å². The van der Waals surface area contributed by atoms with Gasteiger partial charge in [0.2, 0.25) is 5.91 Å². The number of aromatic nitrogens is 3. The number of carbonyl (C=O) groups is 1. The van der Waals surface area contributed by atoms with Gasteiger partial charge < -0.3 is 14.8 Å². The largest absolute Gasteiger partial charge is 0.372 e. The highest BCUT2D eigenvalue weighted by Crippen LogP contribution is 2.28. The summed E-state index contributed by atoms with van der Waals surface area (Å²) in [6.45, 7) is 7.10. The molecule has 1 aromatic carbocycles. The second-order valence-electron chi connectivity index (χ2n) is 6.62.